The third-order valence-corrected chi connectivity index (χ3v) is 2.05. The fourth-order valence-electron chi connectivity index (χ4n) is 1.37. The van der Waals surface area contributed by atoms with Crippen molar-refractivity contribution in [1.29, 1.82) is 0 Å². The molecule has 0 aromatic rings. The van der Waals surface area contributed by atoms with Crippen LogP contribution < -0.4 is 5.32 Å². The van der Waals surface area contributed by atoms with E-state index < -0.39 is 0 Å². The number of Topliss-reactive ketones (excluding diaryl/α,β-unsaturated/α-hetero) is 1. The lowest BCUT2D eigenvalue weighted by atomic mass is 10.00. The van der Waals surface area contributed by atoms with Crippen molar-refractivity contribution in [1.82, 2.24) is 5.32 Å². The Kier molecular flexibility index (Phi) is 2.87. The van der Waals surface area contributed by atoms with E-state index in [1.54, 1.807) is 0 Å². The van der Waals surface area contributed by atoms with Crippen LogP contribution in [0.3, 0.4) is 0 Å². The fourth-order valence-corrected chi connectivity index (χ4v) is 1.37. The van der Waals surface area contributed by atoms with Gasteiger partial charge in [0.1, 0.15) is 5.78 Å². The van der Waals surface area contributed by atoms with Gasteiger partial charge in [-0.1, -0.05) is 13.3 Å². The summed E-state index contributed by atoms with van der Waals surface area (Å²) in [5.74, 6) is 0.375. The van der Waals surface area contributed by atoms with Gasteiger partial charge in [0.05, 0.1) is 6.04 Å². The highest BCUT2D eigenvalue weighted by Crippen LogP contribution is 2.08. The second-order valence-electron chi connectivity index (χ2n) is 2.82. The van der Waals surface area contributed by atoms with Gasteiger partial charge in [-0.3, -0.25) is 4.79 Å². The smallest absolute Gasteiger partial charge is 0.149 e. The Morgan fingerprint density at radius 3 is 2.90 bits per heavy atom. The van der Waals surface area contributed by atoms with Crippen LogP contribution >= 0.6 is 0 Å². The van der Waals surface area contributed by atoms with Crippen LogP contribution in [0.5, 0.6) is 0 Å². The summed E-state index contributed by atoms with van der Waals surface area (Å²) >= 11 is 0. The van der Waals surface area contributed by atoms with Crippen LogP contribution in [0.25, 0.3) is 0 Å². The molecule has 1 fully saturated rings. The summed E-state index contributed by atoms with van der Waals surface area (Å²) in [6.45, 7) is 2.95. The molecule has 1 saturated heterocycles. The minimum Gasteiger partial charge on any atom is -0.307 e. The molecule has 1 aliphatic heterocycles. The number of hydrogen-bond acceptors (Lipinski definition) is 2. The Labute approximate surface area is 62.0 Å². The van der Waals surface area contributed by atoms with Crippen molar-refractivity contribution in [2.75, 3.05) is 6.54 Å². The Balaban J connectivity index is 2.31. The number of piperidine rings is 1. The second kappa shape index (κ2) is 3.71. The largest absolute Gasteiger partial charge is 0.307 e. The molecule has 2 heteroatoms. The van der Waals surface area contributed by atoms with Gasteiger partial charge in [0.25, 0.3) is 0 Å². The first-order valence-corrected chi connectivity index (χ1v) is 4.10. The quantitative estimate of drug-likeness (QED) is 0.624. The molecule has 0 saturated carbocycles. The average molecular weight is 141 g/mol. The van der Waals surface area contributed by atoms with Gasteiger partial charge in [-0.15, -0.1) is 0 Å². The maximum Gasteiger partial charge on any atom is 0.149 e. The molecule has 0 spiro atoms. The van der Waals surface area contributed by atoms with Crippen LogP contribution in [0, 0.1) is 0 Å². The molecule has 10 heavy (non-hydrogen) atoms. The summed E-state index contributed by atoms with van der Waals surface area (Å²) in [5, 5.41) is 3.22. The molecule has 1 N–H and O–H groups in total. The van der Waals surface area contributed by atoms with E-state index in [2.05, 4.69) is 5.32 Å². The molecule has 0 bridgehead atoms. The molecule has 58 valence electrons. The van der Waals surface area contributed by atoms with Gasteiger partial charge in [0.15, 0.2) is 0 Å². The van der Waals surface area contributed by atoms with Crippen molar-refractivity contribution in [3.05, 3.63) is 0 Å². The lowest BCUT2D eigenvalue weighted by Crippen LogP contribution is -2.39. The van der Waals surface area contributed by atoms with Crippen LogP contribution in [0.4, 0.5) is 0 Å². The van der Waals surface area contributed by atoms with Gasteiger partial charge < -0.3 is 5.32 Å². The minimum absolute atomic E-state index is 0.179. The van der Waals surface area contributed by atoms with E-state index in [4.69, 9.17) is 0 Å². The van der Waals surface area contributed by atoms with E-state index in [-0.39, 0.29) is 6.04 Å². The summed E-state index contributed by atoms with van der Waals surface area (Å²) in [5.41, 5.74) is 0. The van der Waals surface area contributed by atoms with Crippen molar-refractivity contribution in [2.45, 2.75) is 38.6 Å². The third kappa shape index (κ3) is 1.81. The molecule has 0 aliphatic carbocycles. The number of rotatable bonds is 2. The van der Waals surface area contributed by atoms with E-state index in [1.165, 1.54) is 12.8 Å². The first-order chi connectivity index (χ1) is 4.84. The van der Waals surface area contributed by atoms with Crippen molar-refractivity contribution in [3.8, 4) is 0 Å². The lowest BCUT2D eigenvalue weighted by molar-refractivity contribution is -0.121. The summed E-state index contributed by atoms with van der Waals surface area (Å²) in [4.78, 5) is 11.1. The van der Waals surface area contributed by atoms with Gasteiger partial charge in [-0.05, 0) is 19.4 Å². The maximum atomic E-state index is 11.1. The van der Waals surface area contributed by atoms with Gasteiger partial charge >= 0.3 is 0 Å². The average Bonchev–Trinajstić information content (AvgIpc) is 2.05. The molecule has 0 radical (unpaired) electrons. The fraction of sp³-hybridized carbons (Fsp3) is 0.875. The molecule has 0 amide bonds. The molecule has 1 heterocycles. The Morgan fingerprint density at radius 2 is 2.40 bits per heavy atom. The predicted molar refractivity (Wildman–Crippen MR) is 40.9 cm³/mol. The second-order valence-corrected chi connectivity index (χ2v) is 2.82. The highest BCUT2D eigenvalue weighted by atomic mass is 16.1. The van der Waals surface area contributed by atoms with Crippen LogP contribution in [-0.2, 0) is 4.79 Å². The first kappa shape index (κ1) is 7.73. The zero-order valence-corrected chi connectivity index (χ0v) is 6.52. The van der Waals surface area contributed by atoms with Crippen LogP contribution in [0.2, 0.25) is 0 Å². The van der Waals surface area contributed by atoms with Gasteiger partial charge in [0.2, 0.25) is 0 Å². The zero-order chi connectivity index (χ0) is 7.40. The molecular weight excluding hydrogens is 126 g/mol. The lowest BCUT2D eigenvalue weighted by Gasteiger charge is -2.21. The van der Waals surface area contributed by atoms with E-state index in [9.17, 15) is 4.79 Å². The van der Waals surface area contributed by atoms with Crippen molar-refractivity contribution in [3.63, 3.8) is 0 Å². The predicted octanol–water partition coefficient (Wildman–Crippen LogP) is 1.11. The number of carbonyl (C=O) groups is 1. The third-order valence-electron chi connectivity index (χ3n) is 2.05. The standard InChI is InChI=1S/C8H15NO/c1-2-8(10)7-5-3-4-6-9-7/h7,9H,2-6H2,1H3/t7-/m0/s1. The molecule has 1 rings (SSSR count). The van der Waals surface area contributed by atoms with E-state index in [0.717, 1.165) is 13.0 Å². The maximum absolute atomic E-state index is 11.1. The van der Waals surface area contributed by atoms with Gasteiger partial charge in [-0.2, -0.15) is 0 Å². The summed E-state index contributed by atoms with van der Waals surface area (Å²) in [7, 11) is 0. The summed E-state index contributed by atoms with van der Waals surface area (Å²) in [6.07, 6.45) is 4.17. The molecule has 0 aromatic carbocycles. The van der Waals surface area contributed by atoms with E-state index in [1.807, 2.05) is 6.92 Å². The normalized spacial score (nSPS) is 26.3. The molecular formula is C8H15NO. The van der Waals surface area contributed by atoms with Gasteiger partial charge in [-0.25, -0.2) is 0 Å². The molecule has 0 unspecified atom stereocenters. The van der Waals surface area contributed by atoms with Crippen molar-refractivity contribution < 1.29 is 4.79 Å². The molecule has 2 nitrogen and oxygen atoms in total. The Hall–Kier alpha value is -0.370. The topological polar surface area (TPSA) is 29.1 Å². The van der Waals surface area contributed by atoms with E-state index in [0.29, 0.717) is 12.2 Å². The molecule has 1 atom stereocenters. The Morgan fingerprint density at radius 1 is 1.60 bits per heavy atom. The number of nitrogens with one attached hydrogen (secondary N) is 1. The SMILES string of the molecule is CCC(=O)[C@@H]1CCCCN1. The minimum atomic E-state index is 0.179. The van der Waals surface area contributed by atoms with Crippen LogP contribution in [-0.4, -0.2) is 18.4 Å². The molecule has 0 aromatic heterocycles. The summed E-state index contributed by atoms with van der Waals surface area (Å²) in [6, 6.07) is 0.179. The first-order valence-electron chi connectivity index (χ1n) is 4.10. The highest BCUT2D eigenvalue weighted by Gasteiger charge is 2.17. The Bertz CT molecular complexity index is 116. The summed E-state index contributed by atoms with van der Waals surface area (Å²) < 4.78 is 0. The zero-order valence-electron chi connectivity index (χ0n) is 6.52. The number of ketones is 1. The highest BCUT2D eigenvalue weighted by molar-refractivity contribution is 5.83. The molecule has 1 aliphatic rings. The van der Waals surface area contributed by atoms with Crippen molar-refractivity contribution in [2.24, 2.45) is 0 Å². The van der Waals surface area contributed by atoms with Gasteiger partial charge in [0, 0.05) is 6.42 Å². The van der Waals surface area contributed by atoms with E-state index >= 15 is 0 Å². The van der Waals surface area contributed by atoms with Crippen LogP contribution in [0.15, 0.2) is 0 Å². The number of carbonyl (C=O) groups excluding carboxylic acids is 1. The monoisotopic (exact) mass is 141 g/mol. The number of hydrogen-bond donors (Lipinski definition) is 1. The van der Waals surface area contributed by atoms with Crippen molar-refractivity contribution >= 4 is 5.78 Å². The van der Waals surface area contributed by atoms with Crippen LogP contribution in [0.1, 0.15) is 32.6 Å².